The summed E-state index contributed by atoms with van der Waals surface area (Å²) in [5.41, 5.74) is 0. The predicted molar refractivity (Wildman–Crippen MR) is 55.4 cm³/mol. The zero-order valence-electron chi connectivity index (χ0n) is 8.02. The Kier molecular flexibility index (Phi) is 4.70. The molecular formula is C10H13ClFNO. The second-order valence-electron chi connectivity index (χ2n) is 2.75. The molecule has 0 spiro atoms. The van der Waals surface area contributed by atoms with E-state index in [2.05, 4.69) is 5.32 Å². The lowest BCUT2D eigenvalue weighted by molar-refractivity contribution is 0.300. The Labute approximate surface area is 88.0 Å². The van der Waals surface area contributed by atoms with E-state index in [0.717, 1.165) is 6.54 Å². The highest BCUT2D eigenvalue weighted by Crippen LogP contribution is 2.26. The summed E-state index contributed by atoms with van der Waals surface area (Å²) in [7, 11) is 0. The van der Waals surface area contributed by atoms with Crippen LogP contribution in [0.4, 0.5) is 4.39 Å². The fourth-order valence-electron chi connectivity index (χ4n) is 1.02. The van der Waals surface area contributed by atoms with Crippen LogP contribution in [0.2, 0.25) is 5.02 Å². The van der Waals surface area contributed by atoms with Crippen molar-refractivity contribution in [2.45, 2.75) is 6.92 Å². The molecule has 0 amide bonds. The molecule has 0 saturated heterocycles. The molecule has 0 aliphatic carbocycles. The van der Waals surface area contributed by atoms with Crippen LogP contribution < -0.4 is 10.1 Å². The van der Waals surface area contributed by atoms with Crippen molar-refractivity contribution in [1.82, 2.24) is 5.32 Å². The third-order valence-electron chi connectivity index (χ3n) is 1.69. The van der Waals surface area contributed by atoms with E-state index in [4.69, 9.17) is 16.3 Å². The molecule has 0 atom stereocenters. The van der Waals surface area contributed by atoms with E-state index in [-0.39, 0.29) is 5.75 Å². The molecule has 2 nitrogen and oxygen atoms in total. The average Bonchev–Trinajstić information content (AvgIpc) is 2.16. The van der Waals surface area contributed by atoms with Crippen LogP contribution in [-0.2, 0) is 0 Å². The van der Waals surface area contributed by atoms with Gasteiger partial charge in [0, 0.05) is 6.54 Å². The van der Waals surface area contributed by atoms with Gasteiger partial charge in [0.05, 0.1) is 5.02 Å². The van der Waals surface area contributed by atoms with Gasteiger partial charge >= 0.3 is 0 Å². The first-order valence-corrected chi connectivity index (χ1v) is 4.91. The molecular weight excluding hydrogens is 205 g/mol. The molecule has 14 heavy (non-hydrogen) atoms. The lowest BCUT2D eigenvalue weighted by Crippen LogP contribution is -2.20. The Morgan fingerprint density at radius 1 is 1.50 bits per heavy atom. The summed E-state index contributed by atoms with van der Waals surface area (Å²) in [4.78, 5) is 0. The van der Waals surface area contributed by atoms with Gasteiger partial charge in [0.2, 0.25) is 0 Å². The molecule has 1 aromatic rings. The number of benzene rings is 1. The van der Waals surface area contributed by atoms with Gasteiger partial charge in [-0.2, -0.15) is 0 Å². The first-order chi connectivity index (χ1) is 6.75. The summed E-state index contributed by atoms with van der Waals surface area (Å²) in [6, 6.07) is 4.48. The quantitative estimate of drug-likeness (QED) is 0.766. The van der Waals surface area contributed by atoms with Crippen molar-refractivity contribution in [2.24, 2.45) is 0 Å². The summed E-state index contributed by atoms with van der Waals surface area (Å²) >= 11 is 5.76. The van der Waals surface area contributed by atoms with Crippen molar-refractivity contribution in [2.75, 3.05) is 19.7 Å². The minimum atomic E-state index is -0.422. The second-order valence-corrected chi connectivity index (χ2v) is 3.16. The maximum Gasteiger partial charge on any atom is 0.173 e. The van der Waals surface area contributed by atoms with E-state index < -0.39 is 5.82 Å². The number of likely N-dealkylation sites (N-methyl/N-ethyl adjacent to an activating group) is 1. The number of nitrogens with one attached hydrogen (secondary N) is 1. The van der Waals surface area contributed by atoms with Crippen LogP contribution in [0.5, 0.6) is 5.75 Å². The Morgan fingerprint density at radius 3 is 2.93 bits per heavy atom. The number of halogens is 2. The van der Waals surface area contributed by atoms with Gasteiger partial charge < -0.3 is 10.1 Å². The lowest BCUT2D eigenvalue weighted by Gasteiger charge is -2.08. The molecule has 78 valence electrons. The number of hydrogen-bond acceptors (Lipinski definition) is 2. The van der Waals surface area contributed by atoms with Crippen molar-refractivity contribution >= 4 is 11.6 Å². The van der Waals surface area contributed by atoms with Crippen molar-refractivity contribution in [3.8, 4) is 5.75 Å². The van der Waals surface area contributed by atoms with Gasteiger partial charge in [0.1, 0.15) is 6.61 Å². The van der Waals surface area contributed by atoms with Crippen LogP contribution in [0.25, 0.3) is 0 Å². The number of rotatable bonds is 5. The van der Waals surface area contributed by atoms with Crippen LogP contribution in [0.15, 0.2) is 18.2 Å². The summed E-state index contributed by atoms with van der Waals surface area (Å²) in [6.07, 6.45) is 0. The SMILES string of the molecule is CCNCCOc1c(F)cccc1Cl. The standard InChI is InChI=1S/C10H13ClFNO/c1-2-13-6-7-14-10-8(11)4-3-5-9(10)12/h3-5,13H,2,6-7H2,1H3. The molecule has 0 aliphatic heterocycles. The zero-order chi connectivity index (χ0) is 10.4. The normalized spacial score (nSPS) is 10.2. The second kappa shape index (κ2) is 5.83. The summed E-state index contributed by atoms with van der Waals surface area (Å²) in [5, 5.41) is 3.37. The molecule has 0 heterocycles. The molecule has 0 aromatic heterocycles. The van der Waals surface area contributed by atoms with E-state index in [0.29, 0.717) is 18.2 Å². The highest BCUT2D eigenvalue weighted by Gasteiger charge is 2.06. The summed E-state index contributed by atoms with van der Waals surface area (Å²) in [6.45, 7) is 3.96. The van der Waals surface area contributed by atoms with Crippen LogP contribution in [0, 0.1) is 5.82 Å². The minimum Gasteiger partial charge on any atom is -0.488 e. The number of para-hydroxylation sites is 1. The maximum absolute atomic E-state index is 13.1. The smallest absolute Gasteiger partial charge is 0.173 e. The van der Waals surface area contributed by atoms with Crippen LogP contribution in [-0.4, -0.2) is 19.7 Å². The first-order valence-electron chi connectivity index (χ1n) is 4.53. The molecule has 1 aromatic carbocycles. The molecule has 0 bridgehead atoms. The van der Waals surface area contributed by atoms with E-state index in [1.807, 2.05) is 6.92 Å². The monoisotopic (exact) mass is 217 g/mol. The Morgan fingerprint density at radius 2 is 2.29 bits per heavy atom. The number of hydrogen-bond donors (Lipinski definition) is 1. The number of ether oxygens (including phenoxy) is 1. The van der Waals surface area contributed by atoms with Gasteiger partial charge in [-0.15, -0.1) is 0 Å². The first kappa shape index (κ1) is 11.3. The molecule has 0 radical (unpaired) electrons. The third kappa shape index (κ3) is 3.16. The van der Waals surface area contributed by atoms with Crippen molar-refractivity contribution < 1.29 is 9.13 Å². The fraction of sp³-hybridized carbons (Fsp3) is 0.400. The molecule has 0 aliphatic rings. The lowest BCUT2D eigenvalue weighted by atomic mass is 10.3. The molecule has 1 rings (SSSR count). The van der Waals surface area contributed by atoms with E-state index in [1.54, 1.807) is 12.1 Å². The van der Waals surface area contributed by atoms with Crippen molar-refractivity contribution in [3.63, 3.8) is 0 Å². The minimum absolute atomic E-state index is 0.132. The topological polar surface area (TPSA) is 21.3 Å². The van der Waals surface area contributed by atoms with Crippen LogP contribution >= 0.6 is 11.6 Å². The van der Waals surface area contributed by atoms with Gasteiger partial charge in [-0.1, -0.05) is 24.6 Å². The summed E-state index contributed by atoms with van der Waals surface area (Å²) < 4.78 is 18.3. The Balaban J connectivity index is 2.49. The molecule has 0 fully saturated rings. The van der Waals surface area contributed by atoms with Crippen molar-refractivity contribution in [1.29, 1.82) is 0 Å². The maximum atomic E-state index is 13.1. The predicted octanol–water partition coefficient (Wildman–Crippen LogP) is 2.47. The Bertz CT molecular complexity index is 273. The summed E-state index contributed by atoms with van der Waals surface area (Å²) in [5.74, 6) is -0.291. The van der Waals surface area contributed by atoms with Crippen molar-refractivity contribution in [3.05, 3.63) is 29.0 Å². The van der Waals surface area contributed by atoms with Gasteiger partial charge in [-0.25, -0.2) is 4.39 Å². The molecule has 1 N–H and O–H groups in total. The zero-order valence-corrected chi connectivity index (χ0v) is 8.77. The van der Waals surface area contributed by atoms with Gasteiger partial charge in [0.15, 0.2) is 11.6 Å². The van der Waals surface area contributed by atoms with E-state index in [9.17, 15) is 4.39 Å². The van der Waals surface area contributed by atoms with Gasteiger partial charge in [-0.05, 0) is 18.7 Å². The third-order valence-corrected chi connectivity index (χ3v) is 1.99. The van der Waals surface area contributed by atoms with Crippen LogP contribution in [0.3, 0.4) is 0 Å². The molecule has 4 heteroatoms. The van der Waals surface area contributed by atoms with Gasteiger partial charge in [0.25, 0.3) is 0 Å². The average molecular weight is 218 g/mol. The van der Waals surface area contributed by atoms with Gasteiger partial charge in [-0.3, -0.25) is 0 Å². The Hall–Kier alpha value is -0.800. The van der Waals surface area contributed by atoms with Crippen LogP contribution in [0.1, 0.15) is 6.92 Å². The van der Waals surface area contributed by atoms with E-state index >= 15 is 0 Å². The fourth-order valence-corrected chi connectivity index (χ4v) is 1.24. The van der Waals surface area contributed by atoms with E-state index in [1.165, 1.54) is 6.07 Å². The largest absolute Gasteiger partial charge is 0.488 e. The highest BCUT2D eigenvalue weighted by atomic mass is 35.5. The molecule has 0 unspecified atom stereocenters. The highest BCUT2D eigenvalue weighted by molar-refractivity contribution is 6.32. The molecule has 0 saturated carbocycles.